The molecule has 2 N–H and O–H groups in total. The lowest BCUT2D eigenvalue weighted by Gasteiger charge is -2.28. The molecule has 18 heavy (non-hydrogen) atoms. The van der Waals surface area contributed by atoms with Crippen LogP contribution in [0.4, 0.5) is 0 Å². The van der Waals surface area contributed by atoms with Crippen LogP contribution < -0.4 is 10.0 Å². The van der Waals surface area contributed by atoms with Gasteiger partial charge in [-0.3, -0.25) is 0 Å². The molecule has 1 saturated carbocycles. The Bertz CT molecular complexity index is 465. The highest BCUT2D eigenvalue weighted by Crippen LogP contribution is 2.20. The lowest BCUT2D eigenvalue weighted by atomic mass is 9.92. The predicted octanol–water partition coefficient (Wildman–Crippen LogP) is 1.50. The fourth-order valence-electron chi connectivity index (χ4n) is 2.39. The van der Waals surface area contributed by atoms with Crippen LogP contribution in [0.3, 0.4) is 0 Å². The monoisotopic (exact) mass is 268 g/mol. The van der Waals surface area contributed by atoms with Crippen LogP contribution in [0.25, 0.3) is 0 Å². The summed E-state index contributed by atoms with van der Waals surface area (Å²) in [4.78, 5) is 0.348. The Labute approximate surface area is 109 Å². The van der Waals surface area contributed by atoms with Crippen LogP contribution in [0.1, 0.15) is 25.7 Å². The van der Waals surface area contributed by atoms with Crippen molar-refractivity contribution in [1.82, 2.24) is 10.0 Å². The van der Waals surface area contributed by atoms with Gasteiger partial charge in [0.25, 0.3) is 0 Å². The van der Waals surface area contributed by atoms with Gasteiger partial charge >= 0.3 is 0 Å². The number of hydrogen-bond donors (Lipinski definition) is 2. The van der Waals surface area contributed by atoms with Crippen molar-refractivity contribution in [2.75, 3.05) is 7.05 Å². The van der Waals surface area contributed by atoms with Crippen molar-refractivity contribution in [3.05, 3.63) is 30.3 Å². The fourth-order valence-corrected chi connectivity index (χ4v) is 3.71. The third-order valence-electron chi connectivity index (χ3n) is 3.51. The van der Waals surface area contributed by atoms with Crippen molar-refractivity contribution in [1.29, 1.82) is 0 Å². The van der Waals surface area contributed by atoms with E-state index < -0.39 is 10.0 Å². The Kier molecular flexibility index (Phi) is 4.37. The van der Waals surface area contributed by atoms with Gasteiger partial charge in [0, 0.05) is 12.1 Å². The molecule has 1 aliphatic rings. The van der Waals surface area contributed by atoms with Crippen LogP contribution in [0.2, 0.25) is 0 Å². The molecule has 5 heteroatoms. The van der Waals surface area contributed by atoms with Crippen molar-refractivity contribution in [3.63, 3.8) is 0 Å². The molecule has 1 aromatic rings. The van der Waals surface area contributed by atoms with Crippen molar-refractivity contribution in [2.45, 2.75) is 42.7 Å². The zero-order chi connectivity index (χ0) is 13.0. The molecule has 0 aromatic heterocycles. The van der Waals surface area contributed by atoms with Crippen LogP contribution in [-0.2, 0) is 10.0 Å². The van der Waals surface area contributed by atoms with E-state index in [9.17, 15) is 8.42 Å². The molecule has 0 atom stereocenters. The quantitative estimate of drug-likeness (QED) is 0.870. The maximum absolute atomic E-state index is 12.1. The average Bonchev–Trinajstić information content (AvgIpc) is 2.40. The van der Waals surface area contributed by atoms with E-state index in [2.05, 4.69) is 10.0 Å². The van der Waals surface area contributed by atoms with Gasteiger partial charge in [0.2, 0.25) is 10.0 Å². The summed E-state index contributed by atoms with van der Waals surface area (Å²) < 4.78 is 27.1. The van der Waals surface area contributed by atoms with Gasteiger partial charge in [0.05, 0.1) is 4.90 Å². The first-order valence-electron chi connectivity index (χ1n) is 6.36. The topological polar surface area (TPSA) is 58.2 Å². The third kappa shape index (κ3) is 3.31. The third-order valence-corrected chi connectivity index (χ3v) is 5.05. The number of benzene rings is 1. The van der Waals surface area contributed by atoms with Crippen LogP contribution in [0, 0.1) is 0 Å². The molecule has 0 saturated heterocycles. The molecule has 1 aliphatic carbocycles. The zero-order valence-electron chi connectivity index (χ0n) is 10.6. The van der Waals surface area contributed by atoms with E-state index in [4.69, 9.17) is 0 Å². The first-order valence-corrected chi connectivity index (χ1v) is 7.85. The summed E-state index contributed by atoms with van der Waals surface area (Å²) in [5.41, 5.74) is 0. The highest BCUT2D eigenvalue weighted by atomic mass is 32.2. The lowest BCUT2D eigenvalue weighted by molar-refractivity contribution is 0.343. The number of rotatable bonds is 4. The van der Waals surface area contributed by atoms with Crippen molar-refractivity contribution in [2.24, 2.45) is 0 Å². The zero-order valence-corrected chi connectivity index (χ0v) is 11.4. The Morgan fingerprint density at radius 1 is 1.00 bits per heavy atom. The summed E-state index contributed by atoms with van der Waals surface area (Å²) in [5.74, 6) is 0. The van der Waals surface area contributed by atoms with Crippen molar-refractivity contribution < 1.29 is 8.42 Å². The van der Waals surface area contributed by atoms with Crippen molar-refractivity contribution >= 4 is 10.0 Å². The van der Waals surface area contributed by atoms with Crippen LogP contribution in [0.5, 0.6) is 0 Å². The maximum Gasteiger partial charge on any atom is 0.240 e. The van der Waals surface area contributed by atoms with E-state index in [1.54, 1.807) is 24.3 Å². The highest BCUT2D eigenvalue weighted by Gasteiger charge is 2.24. The second kappa shape index (κ2) is 5.82. The highest BCUT2D eigenvalue weighted by molar-refractivity contribution is 7.89. The Hall–Kier alpha value is -0.910. The molecule has 0 amide bonds. The van der Waals surface area contributed by atoms with Gasteiger partial charge in [-0.05, 0) is 44.9 Å². The predicted molar refractivity (Wildman–Crippen MR) is 71.9 cm³/mol. The van der Waals surface area contributed by atoms with E-state index in [0.717, 1.165) is 25.7 Å². The van der Waals surface area contributed by atoms with Crippen molar-refractivity contribution in [3.8, 4) is 0 Å². The standard InChI is InChI=1S/C13H20N2O2S/c1-14-11-7-9-12(10-8-11)15-18(16,17)13-5-3-2-4-6-13/h2-6,11-12,14-15H,7-10H2,1H3. The second-order valence-electron chi connectivity index (χ2n) is 4.77. The Morgan fingerprint density at radius 2 is 1.56 bits per heavy atom. The SMILES string of the molecule is CNC1CCC(NS(=O)(=O)c2ccccc2)CC1. The maximum atomic E-state index is 12.1. The molecule has 2 rings (SSSR count). The molecule has 0 bridgehead atoms. The van der Waals surface area contributed by atoms with Gasteiger partial charge in [-0.1, -0.05) is 18.2 Å². The van der Waals surface area contributed by atoms with E-state index >= 15 is 0 Å². The summed E-state index contributed by atoms with van der Waals surface area (Å²) in [7, 11) is -1.40. The molecule has 0 aliphatic heterocycles. The van der Waals surface area contributed by atoms with Gasteiger partial charge in [0.1, 0.15) is 0 Å². The van der Waals surface area contributed by atoms with E-state index in [-0.39, 0.29) is 6.04 Å². The first-order chi connectivity index (χ1) is 8.62. The molecular formula is C13H20N2O2S. The van der Waals surface area contributed by atoms with Gasteiger partial charge < -0.3 is 5.32 Å². The summed E-state index contributed by atoms with van der Waals surface area (Å²) >= 11 is 0. The number of hydrogen-bond acceptors (Lipinski definition) is 3. The first kappa shape index (κ1) is 13.5. The molecule has 0 unspecified atom stereocenters. The molecular weight excluding hydrogens is 248 g/mol. The van der Waals surface area contributed by atoms with E-state index in [1.807, 2.05) is 13.1 Å². The molecule has 1 fully saturated rings. The normalized spacial score (nSPS) is 24.9. The number of sulfonamides is 1. The van der Waals surface area contributed by atoms with Gasteiger partial charge in [-0.25, -0.2) is 13.1 Å². The fraction of sp³-hybridized carbons (Fsp3) is 0.538. The summed E-state index contributed by atoms with van der Waals surface area (Å²) in [6.45, 7) is 0. The number of nitrogens with one attached hydrogen (secondary N) is 2. The molecule has 0 heterocycles. The molecule has 4 nitrogen and oxygen atoms in total. The second-order valence-corrected chi connectivity index (χ2v) is 6.49. The average molecular weight is 268 g/mol. The molecule has 1 aromatic carbocycles. The van der Waals surface area contributed by atoms with E-state index in [1.165, 1.54) is 0 Å². The Morgan fingerprint density at radius 3 is 2.11 bits per heavy atom. The minimum atomic E-state index is -3.35. The van der Waals surface area contributed by atoms with Gasteiger partial charge in [0.15, 0.2) is 0 Å². The minimum absolute atomic E-state index is 0.0693. The van der Waals surface area contributed by atoms with Gasteiger partial charge in [-0.2, -0.15) is 0 Å². The summed E-state index contributed by atoms with van der Waals surface area (Å²) in [5, 5.41) is 3.24. The van der Waals surface area contributed by atoms with Gasteiger partial charge in [-0.15, -0.1) is 0 Å². The smallest absolute Gasteiger partial charge is 0.240 e. The Balaban J connectivity index is 1.98. The molecule has 0 radical (unpaired) electrons. The van der Waals surface area contributed by atoms with E-state index in [0.29, 0.717) is 10.9 Å². The summed E-state index contributed by atoms with van der Waals surface area (Å²) in [6.07, 6.45) is 3.85. The van der Waals surface area contributed by atoms with Crippen LogP contribution in [0.15, 0.2) is 35.2 Å². The van der Waals surface area contributed by atoms with Crippen LogP contribution in [-0.4, -0.2) is 27.5 Å². The molecule has 0 spiro atoms. The lowest BCUT2D eigenvalue weighted by Crippen LogP contribution is -2.41. The largest absolute Gasteiger partial charge is 0.317 e. The minimum Gasteiger partial charge on any atom is -0.317 e. The summed E-state index contributed by atoms with van der Waals surface area (Å²) in [6, 6.07) is 9.15. The molecule has 100 valence electrons. The van der Waals surface area contributed by atoms with Crippen LogP contribution >= 0.6 is 0 Å².